The monoisotopic (exact) mass is 336 g/mol. The second-order valence-electron chi connectivity index (χ2n) is 4.85. The Morgan fingerprint density at radius 1 is 1.14 bits per heavy atom. The van der Waals surface area contributed by atoms with Crippen LogP contribution in [-0.2, 0) is 6.54 Å². The van der Waals surface area contributed by atoms with Crippen molar-refractivity contribution in [2.45, 2.75) is 6.54 Å². The summed E-state index contributed by atoms with van der Waals surface area (Å²) in [7, 11) is 0. The molecule has 112 valence electrons. The van der Waals surface area contributed by atoms with Gasteiger partial charge in [0.15, 0.2) is 0 Å². The van der Waals surface area contributed by atoms with E-state index in [-0.39, 0.29) is 17.5 Å². The van der Waals surface area contributed by atoms with Crippen LogP contribution in [0.5, 0.6) is 0 Å². The third-order valence-corrected chi connectivity index (χ3v) is 3.79. The highest BCUT2D eigenvalue weighted by Gasteiger charge is 2.10. The van der Waals surface area contributed by atoms with E-state index in [1.807, 2.05) is 6.07 Å². The van der Waals surface area contributed by atoms with E-state index in [1.165, 1.54) is 12.1 Å². The summed E-state index contributed by atoms with van der Waals surface area (Å²) in [5.41, 5.74) is 1.99. The zero-order valence-electron chi connectivity index (χ0n) is 11.3. The van der Waals surface area contributed by atoms with Crippen molar-refractivity contribution in [3.05, 3.63) is 69.6 Å². The topological polar surface area (TPSA) is 44.9 Å². The molecule has 0 radical (unpaired) electrons. The van der Waals surface area contributed by atoms with Gasteiger partial charge in [-0.1, -0.05) is 29.3 Å². The summed E-state index contributed by atoms with van der Waals surface area (Å²) >= 11 is 11.6. The molecular formula is C16H11Cl2FN2O. The largest absolute Gasteiger partial charge is 0.351 e. The molecule has 6 heteroatoms. The molecule has 1 aromatic heterocycles. The second kappa shape index (κ2) is 5.99. The van der Waals surface area contributed by atoms with E-state index in [9.17, 15) is 9.18 Å². The Balaban J connectivity index is 1.74. The number of aromatic nitrogens is 1. The van der Waals surface area contributed by atoms with E-state index in [1.54, 1.807) is 24.3 Å². The van der Waals surface area contributed by atoms with Gasteiger partial charge in [-0.15, -0.1) is 0 Å². The molecule has 1 heterocycles. The molecule has 0 bridgehead atoms. The van der Waals surface area contributed by atoms with Crippen LogP contribution in [0.1, 0.15) is 16.1 Å². The SMILES string of the molecule is O=C(NCc1ccc(F)c(Cl)c1)c1cc2cc(Cl)ccc2[nH]1. The molecule has 3 rings (SSSR count). The number of hydrogen-bond donors (Lipinski definition) is 2. The smallest absolute Gasteiger partial charge is 0.267 e. The minimum Gasteiger partial charge on any atom is -0.351 e. The van der Waals surface area contributed by atoms with Gasteiger partial charge in [0.05, 0.1) is 5.02 Å². The highest BCUT2D eigenvalue weighted by molar-refractivity contribution is 6.31. The van der Waals surface area contributed by atoms with Crippen LogP contribution in [0.4, 0.5) is 4.39 Å². The zero-order valence-corrected chi connectivity index (χ0v) is 12.8. The number of fused-ring (bicyclic) bond motifs is 1. The molecule has 1 amide bonds. The summed E-state index contributed by atoms with van der Waals surface area (Å²) in [5.74, 6) is -0.739. The summed E-state index contributed by atoms with van der Waals surface area (Å²) in [4.78, 5) is 15.2. The van der Waals surface area contributed by atoms with Crippen LogP contribution >= 0.6 is 23.2 Å². The summed E-state index contributed by atoms with van der Waals surface area (Å²) in [5, 5.41) is 4.26. The third kappa shape index (κ3) is 3.08. The summed E-state index contributed by atoms with van der Waals surface area (Å²) in [6.45, 7) is 0.259. The molecule has 0 atom stereocenters. The highest BCUT2D eigenvalue weighted by Crippen LogP contribution is 2.20. The number of aromatic amines is 1. The molecule has 3 aromatic rings. The van der Waals surface area contributed by atoms with Crippen LogP contribution in [0.3, 0.4) is 0 Å². The van der Waals surface area contributed by atoms with Crippen molar-refractivity contribution in [3.8, 4) is 0 Å². The van der Waals surface area contributed by atoms with E-state index < -0.39 is 5.82 Å². The summed E-state index contributed by atoms with van der Waals surface area (Å²) < 4.78 is 13.1. The molecule has 0 spiro atoms. The lowest BCUT2D eigenvalue weighted by Gasteiger charge is -2.05. The first-order valence-corrected chi connectivity index (χ1v) is 7.29. The highest BCUT2D eigenvalue weighted by atomic mass is 35.5. The Labute approximate surface area is 136 Å². The fraction of sp³-hybridized carbons (Fsp3) is 0.0625. The molecule has 0 unspecified atom stereocenters. The lowest BCUT2D eigenvalue weighted by Crippen LogP contribution is -2.23. The molecule has 2 aromatic carbocycles. The number of amides is 1. The molecule has 0 aliphatic heterocycles. The van der Waals surface area contributed by atoms with Gasteiger partial charge in [0.1, 0.15) is 11.5 Å². The van der Waals surface area contributed by atoms with Crippen molar-refractivity contribution in [3.63, 3.8) is 0 Å². The van der Waals surface area contributed by atoms with Gasteiger partial charge in [0, 0.05) is 22.5 Å². The summed E-state index contributed by atoms with van der Waals surface area (Å²) in [6, 6.07) is 11.4. The van der Waals surface area contributed by atoms with Crippen LogP contribution in [0.2, 0.25) is 10.0 Å². The second-order valence-corrected chi connectivity index (χ2v) is 5.69. The number of halogens is 3. The van der Waals surface area contributed by atoms with E-state index in [0.29, 0.717) is 10.7 Å². The average molecular weight is 337 g/mol. The normalized spacial score (nSPS) is 10.9. The molecule has 22 heavy (non-hydrogen) atoms. The molecular weight excluding hydrogens is 326 g/mol. The van der Waals surface area contributed by atoms with Crippen molar-refractivity contribution in [1.29, 1.82) is 0 Å². The molecule has 0 aliphatic rings. The lowest BCUT2D eigenvalue weighted by atomic mass is 10.2. The maximum atomic E-state index is 13.1. The minimum absolute atomic E-state index is 0.0343. The quantitative estimate of drug-likeness (QED) is 0.724. The Kier molecular flexibility index (Phi) is 4.05. The molecule has 0 saturated heterocycles. The van der Waals surface area contributed by atoms with E-state index in [2.05, 4.69) is 10.3 Å². The van der Waals surface area contributed by atoms with Gasteiger partial charge in [0.2, 0.25) is 0 Å². The number of carbonyl (C=O) groups excluding carboxylic acids is 1. The van der Waals surface area contributed by atoms with Gasteiger partial charge < -0.3 is 10.3 Å². The maximum absolute atomic E-state index is 13.1. The summed E-state index contributed by atoms with van der Waals surface area (Å²) in [6.07, 6.45) is 0. The standard InChI is InChI=1S/C16H11Cl2FN2O/c17-11-2-4-14-10(6-11)7-15(21-14)16(22)20-8-9-1-3-13(19)12(18)5-9/h1-7,21H,8H2,(H,20,22). The van der Waals surface area contributed by atoms with E-state index in [0.717, 1.165) is 16.5 Å². The minimum atomic E-state index is -0.482. The van der Waals surface area contributed by atoms with Crippen LogP contribution in [0.25, 0.3) is 10.9 Å². The number of carbonyl (C=O) groups is 1. The van der Waals surface area contributed by atoms with Gasteiger partial charge in [0.25, 0.3) is 5.91 Å². The lowest BCUT2D eigenvalue weighted by molar-refractivity contribution is 0.0947. The first-order chi connectivity index (χ1) is 10.5. The molecule has 0 aliphatic carbocycles. The fourth-order valence-corrected chi connectivity index (χ4v) is 2.54. The Morgan fingerprint density at radius 2 is 1.95 bits per heavy atom. The van der Waals surface area contributed by atoms with Crippen LogP contribution in [-0.4, -0.2) is 10.9 Å². The van der Waals surface area contributed by atoms with Crippen molar-refractivity contribution >= 4 is 40.0 Å². The van der Waals surface area contributed by atoms with Gasteiger partial charge in [-0.25, -0.2) is 4.39 Å². The number of hydrogen-bond acceptors (Lipinski definition) is 1. The Bertz CT molecular complexity index is 860. The number of nitrogens with one attached hydrogen (secondary N) is 2. The predicted octanol–water partition coefficient (Wildman–Crippen LogP) is 4.54. The van der Waals surface area contributed by atoms with Crippen molar-refractivity contribution in [1.82, 2.24) is 10.3 Å². The molecule has 2 N–H and O–H groups in total. The fourth-order valence-electron chi connectivity index (χ4n) is 2.15. The van der Waals surface area contributed by atoms with Crippen LogP contribution in [0, 0.1) is 5.82 Å². The Morgan fingerprint density at radius 3 is 2.73 bits per heavy atom. The van der Waals surface area contributed by atoms with Crippen molar-refractivity contribution < 1.29 is 9.18 Å². The molecule has 0 fully saturated rings. The van der Waals surface area contributed by atoms with E-state index in [4.69, 9.17) is 23.2 Å². The average Bonchev–Trinajstić information content (AvgIpc) is 2.91. The number of H-pyrrole nitrogens is 1. The predicted molar refractivity (Wildman–Crippen MR) is 85.9 cm³/mol. The van der Waals surface area contributed by atoms with Crippen LogP contribution < -0.4 is 5.32 Å². The van der Waals surface area contributed by atoms with Gasteiger partial charge in [-0.2, -0.15) is 0 Å². The van der Waals surface area contributed by atoms with Crippen LogP contribution in [0.15, 0.2) is 42.5 Å². The first-order valence-electron chi connectivity index (χ1n) is 6.53. The van der Waals surface area contributed by atoms with Crippen molar-refractivity contribution in [2.75, 3.05) is 0 Å². The van der Waals surface area contributed by atoms with E-state index >= 15 is 0 Å². The zero-order chi connectivity index (χ0) is 15.7. The maximum Gasteiger partial charge on any atom is 0.267 e. The Hall–Kier alpha value is -2.04. The van der Waals surface area contributed by atoms with Gasteiger partial charge in [-0.05, 0) is 42.0 Å². The molecule has 0 saturated carbocycles. The number of rotatable bonds is 3. The third-order valence-electron chi connectivity index (χ3n) is 3.26. The van der Waals surface area contributed by atoms with Crippen molar-refractivity contribution in [2.24, 2.45) is 0 Å². The van der Waals surface area contributed by atoms with Gasteiger partial charge in [-0.3, -0.25) is 4.79 Å². The number of benzene rings is 2. The molecule has 3 nitrogen and oxygen atoms in total. The van der Waals surface area contributed by atoms with Gasteiger partial charge >= 0.3 is 0 Å². The first kappa shape index (κ1) is 14.9.